The Hall–Kier alpha value is -1.88. The molecule has 0 saturated carbocycles. The minimum absolute atomic E-state index is 0.149. The number of carbonyl (C=O) groups is 2. The van der Waals surface area contributed by atoms with E-state index in [2.05, 4.69) is 5.32 Å². The van der Waals surface area contributed by atoms with Crippen molar-refractivity contribution in [1.29, 1.82) is 0 Å². The Morgan fingerprint density at radius 3 is 2.37 bits per heavy atom. The minimum atomic E-state index is -1.04. The van der Waals surface area contributed by atoms with E-state index in [1.165, 1.54) is 0 Å². The van der Waals surface area contributed by atoms with Crippen LogP contribution in [-0.4, -0.2) is 23.0 Å². The largest absolute Gasteiger partial charge is 0.480 e. The molecule has 5 heteroatoms. The fraction of sp³-hybridized carbons (Fsp3) is 0.429. The highest BCUT2D eigenvalue weighted by molar-refractivity contribution is 5.87. The highest BCUT2D eigenvalue weighted by atomic mass is 16.4. The lowest BCUT2D eigenvalue weighted by Gasteiger charge is -2.22. The Kier molecular flexibility index (Phi) is 5.51. The molecule has 1 aromatic carbocycles. The number of nitrogens with one attached hydrogen (secondary N) is 1. The summed E-state index contributed by atoms with van der Waals surface area (Å²) in [6, 6.07) is 7.11. The van der Waals surface area contributed by atoms with Crippen molar-refractivity contribution < 1.29 is 14.7 Å². The van der Waals surface area contributed by atoms with Crippen molar-refractivity contribution in [3.8, 4) is 0 Å². The van der Waals surface area contributed by atoms with Crippen molar-refractivity contribution >= 4 is 11.9 Å². The van der Waals surface area contributed by atoms with E-state index in [1.807, 2.05) is 13.0 Å². The Labute approximate surface area is 112 Å². The third kappa shape index (κ3) is 4.06. The summed E-state index contributed by atoms with van der Waals surface area (Å²) in [5.74, 6) is -1.66. The summed E-state index contributed by atoms with van der Waals surface area (Å²) in [5.41, 5.74) is 6.48. The van der Waals surface area contributed by atoms with Gasteiger partial charge >= 0.3 is 5.97 Å². The van der Waals surface area contributed by atoms with Crippen LogP contribution in [0.15, 0.2) is 30.3 Å². The monoisotopic (exact) mass is 264 g/mol. The van der Waals surface area contributed by atoms with E-state index in [0.29, 0.717) is 12.0 Å². The van der Waals surface area contributed by atoms with Gasteiger partial charge in [-0.15, -0.1) is 0 Å². The Morgan fingerprint density at radius 1 is 1.32 bits per heavy atom. The molecule has 4 N–H and O–H groups in total. The van der Waals surface area contributed by atoms with Crippen molar-refractivity contribution in [2.75, 3.05) is 0 Å². The lowest BCUT2D eigenvalue weighted by Crippen LogP contribution is -2.48. The van der Waals surface area contributed by atoms with Crippen LogP contribution in [0, 0.1) is 5.92 Å². The molecule has 3 atom stereocenters. The Morgan fingerprint density at radius 2 is 1.89 bits per heavy atom. The maximum absolute atomic E-state index is 12.0. The van der Waals surface area contributed by atoms with Gasteiger partial charge in [0.05, 0.1) is 0 Å². The van der Waals surface area contributed by atoms with Gasteiger partial charge in [0.1, 0.15) is 12.1 Å². The summed E-state index contributed by atoms with van der Waals surface area (Å²) in [6.07, 6.45) is 0.665. The lowest BCUT2D eigenvalue weighted by atomic mass is 9.98. The van der Waals surface area contributed by atoms with E-state index < -0.39 is 24.0 Å². The highest BCUT2D eigenvalue weighted by Gasteiger charge is 2.27. The van der Waals surface area contributed by atoms with Gasteiger partial charge in [-0.3, -0.25) is 4.79 Å². The zero-order chi connectivity index (χ0) is 14.4. The number of carboxylic acids is 1. The molecule has 5 nitrogen and oxygen atoms in total. The normalized spacial score (nSPS) is 15.3. The number of hydrogen-bond donors (Lipinski definition) is 3. The van der Waals surface area contributed by atoms with E-state index in [9.17, 15) is 9.59 Å². The van der Waals surface area contributed by atoms with Crippen LogP contribution < -0.4 is 11.1 Å². The Balaban J connectivity index is 2.75. The van der Waals surface area contributed by atoms with Gasteiger partial charge in [0.25, 0.3) is 0 Å². The molecule has 1 unspecified atom stereocenters. The first-order valence-electron chi connectivity index (χ1n) is 6.31. The van der Waals surface area contributed by atoms with Crippen molar-refractivity contribution in [2.45, 2.75) is 32.4 Å². The van der Waals surface area contributed by atoms with Crippen LogP contribution in [0.25, 0.3) is 0 Å². The summed E-state index contributed by atoms with van der Waals surface area (Å²) < 4.78 is 0. The van der Waals surface area contributed by atoms with Gasteiger partial charge in [0, 0.05) is 0 Å². The van der Waals surface area contributed by atoms with Crippen molar-refractivity contribution in [3.63, 3.8) is 0 Å². The van der Waals surface area contributed by atoms with Crippen LogP contribution in [0.2, 0.25) is 0 Å². The number of carbonyl (C=O) groups excluding carboxylic acids is 1. The molecule has 104 valence electrons. The van der Waals surface area contributed by atoms with Gasteiger partial charge < -0.3 is 16.2 Å². The number of carboxylic acid groups (broad SMARTS) is 1. The van der Waals surface area contributed by atoms with Crippen molar-refractivity contribution in [1.82, 2.24) is 5.32 Å². The molecule has 1 amide bonds. The molecule has 0 fully saturated rings. The van der Waals surface area contributed by atoms with E-state index in [1.54, 1.807) is 31.2 Å². The molecular weight excluding hydrogens is 244 g/mol. The first kappa shape index (κ1) is 15.2. The lowest BCUT2D eigenvalue weighted by molar-refractivity contribution is -0.143. The second-order valence-corrected chi connectivity index (χ2v) is 4.60. The fourth-order valence-corrected chi connectivity index (χ4v) is 1.74. The van der Waals surface area contributed by atoms with E-state index in [0.717, 1.165) is 0 Å². The topological polar surface area (TPSA) is 92.4 Å². The third-order valence-electron chi connectivity index (χ3n) is 3.22. The van der Waals surface area contributed by atoms with Crippen molar-refractivity contribution in [3.05, 3.63) is 35.9 Å². The van der Waals surface area contributed by atoms with Crippen LogP contribution in [0.4, 0.5) is 0 Å². The van der Waals surface area contributed by atoms with Gasteiger partial charge in [0.2, 0.25) is 5.91 Å². The van der Waals surface area contributed by atoms with Gasteiger partial charge in [-0.1, -0.05) is 50.6 Å². The molecule has 0 aromatic heterocycles. The summed E-state index contributed by atoms with van der Waals surface area (Å²) in [7, 11) is 0. The second kappa shape index (κ2) is 6.89. The van der Waals surface area contributed by atoms with E-state index in [-0.39, 0.29) is 5.92 Å². The molecule has 0 aliphatic rings. The zero-order valence-corrected chi connectivity index (χ0v) is 11.2. The van der Waals surface area contributed by atoms with Crippen LogP contribution in [-0.2, 0) is 9.59 Å². The van der Waals surface area contributed by atoms with E-state index >= 15 is 0 Å². The van der Waals surface area contributed by atoms with Crippen molar-refractivity contribution in [2.24, 2.45) is 11.7 Å². The van der Waals surface area contributed by atoms with E-state index in [4.69, 9.17) is 10.8 Å². The molecular formula is C14H20N2O3. The minimum Gasteiger partial charge on any atom is -0.480 e. The highest BCUT2D eigenvalue weighted by Crippen LogP contribution is 2.12. The number of benzene rings is 1. The molecule has 19 heavy (non-hydrogen) atoms. The molecule has 0 aliphatic carbocycles. The third-order valence-corrected chi connectivity index (χ3v) is 3.22. The summed E-state index contributed by atoms with van der Waals surface area (Å²) in [5, 5.41) is 11.6. The predicted molar refractivity (Wildman–Crippen MR) is 72.4 cm³/mol. The molecule has 0 radical (unpaired) electrons. The average molecular weight is 264 g/mol. The van der Waals surface area contributed by atoms with Gasteiger partial charge in [-0.25, -0.2) is 4.79 Å². The molecule has 0 saturated heterocycles. The Bertz CT molecular complexity index is 434. The smallest absolute Gasteiger partial charge is 0.326 e. The van der Waals surface area contributed by atoms with Crippen LogP contribution in [0.1, 0.15) is 31.9 Å². The fourth-order valence-electron chi connectivity index (χ4n) is 1.74. The molecule has 1 aromatic rings. The number of amides is 1. The van der Waals surface area contributed by atoms with Gasteiger partial charge in [-0.2, -0.15) is 0 Å². The molecule has 0 heterocycles. The number of nitrogens with two attached hydrogens (primary N) is 1. The summed E-state index contributed by atoms with van der Waals surface area (Å²) in [6.45, 7) is 3.66. The standard InChI is InChI=1S/C14H20N2O3/c1-3-9(2)12(14(18)19)16-13(17)11(15)10-7-5-4-6-8-10/h4-9,11-12H,3,15H2,1-2H3,(H,16,17)(H,18,19)/t9?,11-,12-/m0/s1. The first-order valence-corrected chi connectivity index (χ1v) is 6.31. The first-order chi connectivity index (χ1) is 8.97. The van der Waals surface area contributed by atoms with Crippen LogP contribution >= 0.6 is 0 Å². The number of aliphatic carboxylic acids is 1. The second-order valence-electron chi connectivity index (χ2n) is 4.60. The predicted octanol–water partition coefficient (Wildman–Crippen LogP) is 1.30. The van der Waals surface area contributed by atoms with Gasteiger partial charge in [0.15, 0.2) is 0 Å². The quantitative estimate of drug-likeness (QED) is 0.722. The average Bonchev–Trinajstić information content (AvgIpc) is 2.43. The number of rotatable bonds is 6. The summed E-state index contributed by atoms with van der Waals surface area (Å²) >= 11 is 0. The maximum Gasteiger partial charge on any atom is 0.326 e. The summed E-state index contributed by atoms with van der Waals surface area (Å²) in [4.78, 5) is 23.1. The maximum atomic E-state index is 12.0. The van der Waals surface area contributed by atoms with Gasteiger partial charge in [-0.05, 0) is 11.5 Å². The molecule has 0 spiro atoms. The molecule has 0 bridgehead atoms. The van der Waals surface area contributed by atoms with Crippen LogP contribution in [0.5, 0.6) is 0 Å². The molecule has 0 aliphatic heterocycles. The van der Waals surface area contributed by atoms with Crippen LogP contribution in [0.3, 0.4) is 0 Å². The zero-order valence-electron chi connectivity index (χ0n) is 11.2. The SMILES string of the molecule is CCC(C)[C@H](NC(=O)[C@@H](N)c1ccccc1)C(=O)O. The number of hydrogen-bond acceptors (Lipinski definition) is 3. The molecule has 1 rings (SSSR count).